The maximum Gasteiger partial charge on any atom is 0.243 e. The van der Waals surface area contributed by atoms with Gasteiger partial charge in [-0.25, -0.2) is 8.42 Å². The lowest BCUT2D eigenvalue weighted by Gasteiger charge is -2.17. The summed E-state index contributed by atoms with van der Waals surface area (Å²) in [7, 11) is -3.43. The Morgan fingerprint density at radius 3 is 2.57 bits per heavy atom. The van der Waals surface area contributed by atoms with Crippen molar-refractivity contribution in [3.63, 3.8) is 0 Å². The van der Waals surface area contributed by atoms with Gasteiger partial charge in [-0.2, -0.15) is 4.31 Å². The topological polar surface area (TPSA) is 69.6 Å². The number of aliphatic hydroxyl groups excluding tert-OH is 1. The monoisotopic (exact) mass is 312 g/mol. The van der Waals surface area contributed by atoms with Crippen molar-refractivity contribution in [3.8, 4) is 0 Å². The summed E-state index contributed by atoms with van der Waals surface area (Å²) in [5, 5.41) is 12.4. The first kappa shape index (κ1) is 16.4. The van der Waals surface area contributed by atoms with Gasteiger partial charge in [0.2, 0.25) is 10.0 Å². The van der Waals surface area contributed by atoms with Gasteiger partial charge in [-0.3, -0.25) is 0 Å². The lowest BCUT2D eigenvalue weighted by Crippen LogP contribution is -2.29. The average molecular weight is 312 g/mol. The zero-order valence-electron chi connectivity index (χ0n) is 12.6. The van der Waals surface area contributed by atoms with Gasteiger partial charge >= 0.3 is 0 Å². The molecule has 0 saturated carbocycles. The number of nitrogens with zero attached hydrogens (tertiary/aromatic N) is 1. The molecule has 2 N–H and O–H groups in total. The Hall–Kier alpha value is -0.950. The number of benzene rings is 1. The Balaban J connectivity index is 2.14. The summed E-state index contributed by atoms with van der Waals surface area (Å²) in [6.45, 7) is 5.92. The third-order valence-corrected chi connectivity index (χ3v) is 5.91. The number of nitrogens with one attached hydrogen (secondary N) is 1. The maximum absolute atomic E-state index is 12.5. The molecule has 1 aromatic carbocycles. The van der Waals surface area contributed by atoms with E-state index in [2.05, 4.69) is 12.2 Å². The molecule has 1 heterocycles. The zero-order valence-corrected chi connectivity index (χ0v) is 13.4. The molecular weight excluding hydrogens is 288 g/mol. The van der Waals surface area contributed by atoms with E-state index >= 15 is 0 Å². The molecule has 6 heteroatoms. The predicted molar refractivity (Wildman–Crippen MR) is 82.5 cm³/mol. The second-order valence-electron chi connectivity index (χ2n) is 5.55. The molecule has 1 fully saturated rings. The molecule has 2 unspecified atom stereocenters. The first-order valence-corrected chi connectivity index (χ1v) is 8.87. The fourth-order valence-corrected chi connectivity index (χ4v) is 4.20. The summed E-state index contributed by atoms with van der Waals surface area (Å²) in [5.41, 5.74) is 1.07. The quantitative estimate of drug-likeness (QED) is 0.832. The highest BCUT2D eigenvalue weighted by molar-refractivity contribution is 7.89. The molecule has 1 aliphatic heterocycles. The smallest absolute Gasteiger partial charge is 0.243 e. The third-order valence-electron chi connectivity index (χ3n) is 4.03. The van der Waals surface area contributed by atoms with Crippen molar-refractivity contribution in [2.45, 2.75) is 31.2 Å². The van der Waals surface area contributed by atoms with Crippen LogP contribution in [-0.2, 0) is 10.0 Å². The van der Waals surface area contributed by atoms with E-state index in [0.717, 1.165) is 18.5 Å². The lowest BCUT2D eigenvalue weighted by atomic mass is 10.1. The summed E-state index contributed by atoms with van der Waals surface area (Å²) < 4.78 is 26.5. The highest BCUT2D eigenvalue weighted by Crippen LogP contribution is 2.25. The fourth-order valence-electron chi connectivity index (χ4n) is 2.67. The minimum Gasteiger partial charge on any atom is -0.396 e. The normalized spacial score (nSPS) is 21.6. The Bertz CT molecular complexity index is 557. The van der Waals surface area contributed by atoms with Gasteiger partial charge in [-0.1, -0.05) is 19.1 Å². The summed E-state index contributed by atoms with van der Waals surface area (Å²) >= 11 is 0. The molecule has 118 valence electrons. The van der Waals surface area contributed by atoms with Gasteiger partial charge in [0.25, 0.3) is 0 Å². The highest BCUT2D eigenvalue weighted by Gasteiger charge is 2.32. The van der Waals surface area contributed by atoms with Crippen molar-refractivity contribution in [2.24, 2.45) is 5.92 Å². The van der Waals surface area contributed by atoms with Crippen LogP contribution in [0.2, 0.25) is 0 Å². The Labute approximate surface area is 127 Å². The van der Waals surface area contributed by atoms with E-state index in [1.54, 1.807) is 12.1 Å². The van der Waals surface area contributed by atoms with Crippen molar-refractivity contribution in [1.82, 2.24) is 9.62 Å². The van der Waals surface area contributed by atoms with Gasteiger partial charge in [-0.05, 0) is 43.5 Å². The number of hydrogen-bond donors (Lipinski definition) is 2. The summed E-state index contributed by atoms with van der Waals surface area (Å²) in [6.07, 6.45) is 0.727. The van der Waals surface area contributed by atoms with E-state index < -0.39 is 10.0 Å². The van der Waals surface area contributed by atoms with Crippen LogP contribution >= 0.6 is 0 Å². The molecule has 0 radical (unpaired) electrons. The number of aliphatic hydroxyl groups is 1. The number of rotatable bonds is 6. The van der Waals surface area contributed by atoms with Crippen LogP contribution in [-0.4, -0.2) is 44.1 Å². The summed E-state index contributed by atoms with van der Waals surface area (Å²) in [4.78, 5) is 0.327. The largest absolute Gasteiger partial charge is 0.396 e. The first-order valence-electron chi connectivity index (χ1n) is 7.43. The zero-order chi connectivity index (χ0) is 15.5. The molecule has 2 rings (SSSR count). The molecule has 1 aliphatic rings. The van der Waals surface area contributed by atoms with E-state index in [0.29, 0.717) is 18.0 Å². The predicted octanol–water partition coefficient (Wildman–Crippen LogP) is 1.36. The summed E-state index contributed by atoms with van der Waals surface area (Å²) in [5.74, 6) is 0.0628. The molecule has 0 aliphatic carbocycles. The van der Waals surface area contributed by atoms with Crippen LogP contribution in [0.15, 0.2) is 29.2 Å². The molecule has 0 amide bonds. The number of sulfonamides is 1. The Kier molecular flexibility index (Phi) is 5.37. The van der Waals surface area contributed by atoms with Crippen molar-refractivity contribution in [1.29, 1.82) is 0 Å². The van der Waals surface area contributed by atoms with Gasteiger partial charge < -0.3 is 10.4 Å². The SMILES string of the molecule is CCNC(C)c1ccc(S(=O)(=O)N2CCC(CO)C2)cc1. The van der Waals surface area contributed by atoms with Crippen LogP contribution in [0.4, 0.5) is 0 Å². The van der Waals surface area contributed by atoms with E-state index in [4.69, 9.17) is 5.11 Å². The van der Waals surface area contributed by atoms with Crippen molar-refractivity contribution >= 4 is 10.0 Å². The molecular formula is C15H24N2O3S. The maximum atomic E-state index is 12.5. The van der Waals surface area contributed by atoms with Crippen LogP contribution in [0.25, 0.3) is 0 Å². The van der Waals surface area contributed by atoms with Crippen LogP contribution in [0.3, 0.4) is 0 Å². The van der Waals surface area contributed by atoms with Gasteiger partial charge in [0.1, 0.15) is 0 Å². The second kappa shape index (κ2) is 6.87. The second-order valence-corrected chi connectivity index (χ2v) is 7.49. The highest BCUT2D eigenvalue weighted by atomic mass is 32.2. The number of hydrogen-bond acceptors (Lipinski definition) is 4. The van der Waals surface area contributed by atoms with Crippen LogP contribution in [0.5, 0.6) is 0 Å². The lowest BCUT2D eigenvalue weighted by molar-refractivity contribution is 0.233. The van der Waals surface area contributed by atoms with Crippen molar-refractivity contribution in [2.75, 3.05) is 26.2 Å². The van der Waals surface area contributed by atoms with Gasteiger partial charge in [0, 0.05) is 25.7 Å². The van der Waals surface area contributed by atoms with Gasteiger partial charge in [0.05, 0.1) is 4.90 Å². The summed E-state index contributed by atoms with van der Waals surface area (Å²) in [6, 6.07) is 7.27. The standard InChI is InChI=1S/C15H24N2O3S/c1-3-16-12(2)14-4-6-15(7-5-14)21(19,20)17-9-8-13(10-17)11-18/h4-7,12-13,16,18H,3,8-11H2,1-2H3. The third kappa shape index (κ3) is 3.63. The van der Waals surface area contributed by atoms with Gasteiger partial charge in [0.15, 0.2) is 0 Å². The van der Waals surface area contributed by atoms with Gasteiger partial charge in [-0.15, -0.1) is 0 Å². The molecule has 0 spiro atoms. The molecule has 0 aromatic heterocycles. The minimum absolute atomic E-state index is 0.0468. The average Bonchev–Trinajstić information content (AvgIpc) is 2.97. The molecule has 1 saturated heterocycles. The van der Waals surface area contributed by atoms with Crippen LogP contribution in [0, 0.1) is 5.92 Å². The van der Waals surface area contributed by atoms with E-state index in [1.807, 2.05) is 19.1 Å². The van der Waals surface area contributed by atoms with Crippen LogP contribution in [0.1, 0.15) is 31.9 Å². The molecule has 2 atom stereocenters. The van der Waals surface area contributed by atoms with Crippen molar-refractivity contribution in [3.05, 3.63) is 29.8 Å². The van der Waals surface area contributed by atoms with E-state index in [-0.39, 0.29) is 18.6 Å². The fraction of sp³-hybridized carbons (Fsp3) is 0.600. The van der Waals surface area contributed by atoms with Crippen molar-refractivity contribution < 1.29 is 13.5 Å². The minimum atomic E-state index is -3.43. The Morgan fingerprint density at radius 2 is 2.05 bits per heavy atom. The van der Waals surface area contributed by atoms with E-state index in [9.17, 15) is 8.42 Å². The molecule has 21 heavy (non-hydrogen) atoms. The molecule has 5 nitrogen and oxygen atoms in total. The Morgan fingerprint density at radius 1 is 1.38 bits per heavy atom. The first-order chi connectivity index (χ1) is 9.98. The van der Waals surface area contributed by atoms with E-state index in [1.165, 1.54) is 4.31 Å². The molecule has 0 bridgehead atoms. The van der Waals surface area contributed by atoms with Crippen LogP contribution < -0.4 is 5.32 Å². The molecule has 1 aromatic rings.